The van der Waals surface area contributed by atoms with Crippen molar-refractivity contribution in [2.75, 3.05) is 0 Å². The van der Waals surface area contributed by atoms with Gasteiger partial charge in [-0.05, 0) is 13.0 Å². The van der Waals surface area contributed by atoms with E-state index in [1.165, 1.54) is 12.3 Å². The second kappa shape index (κ2) is 2.98. The highest BCUT2D eigenvalue weighted by molar-refractivity contribution is 5.30. The van der Waals surface area contributed by atoms with Crippen LogP contribution in [-0.4, -0.2) is 4.98 Å². The van der Waals surface area contributed by atoms with Crippen LogP contribution in [0.5, 0.6) is 0 Å². The molecule has 10 heavy (non-hydrogen) atoms. The molecular weight excluding hydrogens is 129 g/mol. The zero-order valence-corrected chi connectivity index (χ0v) is 5.48. The number of hydrogen-bond donors (Lipinski definition) is 0. The van der Waals surface area contributed by atoms with Crippen molar-refractivity contribution in [1.82, 2.24) is 4.98 Å². The Bertz CT molecular complexity index is 266. The van der Waals surface area contributed by atoms with E-state index < -0.39 is 5.95 Å². The van der Waals surface area contributed by atoms with Crippen molar-refractivity contribution in [3.63, 3.8) is 0 Å². The number of aromatic nitrogens is 1. The van der Waals surface area contributed by atoms with Crippen LogP contribution in [0.25, 0.3) is 0 Å². The molecule has 0 aliphatic carbocycles. The summed E-state index contributed by atoms with van der Waals surface area (Å²) in [5.74, 6) is 4.80. The summed E-state index contributed by atoms with van der Waals surface area (Å²) in [7, 11) is 0. The van der Waals surface area contributed by atoms with Crippen LogP contribution in [0.1, 0.15) is 12.5 Å². The Morgan fingerprint density at radius 2 is 2.50 bits per heavy atom. The van der Waals surface area contributed by atoms with Crippen molar-refractivity contribution < 1.29 is 4.39 Å². The molecule has 49 valence electrons. The molecule has 1 radical (unpaired) electrons. The summed E-state index contributed by atoms with van der Waals surface area (Å²) in [6.07, 6.45) is 1.38. The molecule has 1 rings (SSSR count). The molecule has 0 aromatic carbocycles. The van der Waals surface area contributed by atoms with Gasteiger partial charge in [0.1, 0.15) is 0 Å². The minimum atomic E-state index is -0.596. The quantitative estimate of drug-likeness (QED) is 0.386. The first kappa shape index (κ1) is 6.76. The van der Waals surface area contributed by atoms with Crippen molar-refractivity contribution in [2.45, 2.75) is 6.92 Å². The van der Waals surface area contributed by atoms with Gasteiger partial charge in [-0.3, -0.25) is 0 Å². The molecule has 0 saturated carbocycles. The van der Waals surface area contributed by atoms with Gasteiger partial charge in [0.25, 0.3) is 0 Å². The molecule has 0 bridgehead atoms. The van der Waals surface area contributed by atoms with Gasteiger partial charge in [0, 0.05) is 17.8 Å². The van der Waals surface area contributed by atoms with Gasteiger partial charge in [-0.25, -0.2) is 4.98 Å². The van der Waals surface area contributed by atoms with E-state index in [-0.39, 0.29) is 0 Å². The van der Waals surface area contributed by atoms with Crippen molar-refractivity contribution in [2.24, 2.45) is 0 Å². The second-order valence-electron chi connectivity index (χ2n) is 1.67. The van der Waals surface area contributed by atoms with Gasteiger partial charge in [-0.1, -0.05) is 5.92 Å². The molecule has 1 aromatic rings. The van der Waals surface area contributed by atoms with Crippen LogP contribution >= 0.6 is 0 Å². The molecule has 0 amide bonds. The molecule has 0 aliphatic heterocycles. The third-order valence-electron chi connectivity index (χ3n) is 0.933. The molecular formula is C8H5FN. The van der Waals surface area contributed by atoms with Crippen LogP contribution in [0.15, 0.2) is 12.3 Å². The van der Waals surface area contributed by atoms with Gasteiger partial charge in [0.05, 0.1) is 0 Å². The summed E-state index contributed by atoms with van der Waals surface area (Å²) in [4.78, 5) is 3.37. The van der Waals surface area contributed by atoms with E-state index in [0.29, 0.717) is 5.56 Å². The Balaban J connectivity index is 2.97. The third-order valence-corrected chi connectivity index (χ3v) is 0.933. The maximum absolute atomic E-state index is 12.1. The Morgan fingerprint density at radius 1 is 1.70 bits per heavy atom. The normalized spacial score (nSPS) is 8.20. The molecule has 0 spiro atoms. The highest BCUT2D eigenvalue weighted by Gasteiger charge is 1.88. The lowest BCUT2D eigenvalue weighted by atomic mass is 10.3. The van der Waals surface area contributed by atoms with Gasteiger partial charge < -0.3 is 0 Å². The summed E-state index contributed by atoms with van der Waals surface area (Å²) in [6, 6.07) is 3.78. The standard InChI is InChI=1S/C8H5FN/c1-2-3-7-4-5-8(9)10-6-7/h4,6H,1H3. The van der Waals surface area contributed by atoms with E-state index in [4.69, 9.17) is 0 Å². The lowest BCUT2D eigenvalue weighted by Crippen LogP contribution is -1.82. The van der Waals surface area contributed by atoms with Crippen molar-refractivity contribution >= 4 is 0 Å². The van der Waals surface area contributed by atoms with Gasteiger partial charge in [0.15, 0.2) is 0 Å². The fraction of sp³-hybridized carbons (Fsp3) is 0.125. The van der Waals surface area contributed by atoms with Crippen LogP contribution < -0.4 is 0 Å². The molecule has 1 heterocycles. The minimum Gasteiger partial charge on any atom is -0.226 e. The molecule has 2 heteroatoms. The van der Waals surface area contributed by atoms with Crippen LogP contribution in [0.3, 0.4) is 0 Å². The summed E-state index contributed by atoms with van der Waals surface area (Å²) in [5, 5.41) is 0. The zero-order chi connectivity index (χ0) is 7.40. The maximum atomic E-state index is 12.1. The molecule has 0 atom stereocenters. The molecule has 0 aliphatic rings. The molecule has 1 nitrogen and oxygen atoms in total. The smallest absolute Gasteiger partial charge is 0.220 e. The number of nitrogens with zero attached hydrogens (tertiary/aromatic N) is 1. The second-order valence-corrected chi connectivity index (χ2v) is 1.67. The van der Waals surface area contributed by atoms with Crippen LogP contribution in [0.2, 0.25) is 0 Å². The summed E-state index contributed by atoms with van der Waals surface area (Å²) >= 11 is 0. The van der Waals surface area contributed by atoms with Gasteiger partial charge in [-0.2, -0.15) is 4.39 Å². The van der Waals surface area contributed by atoms with Gasteiger partial charge in [-0.15, -0.1) is 5.92 Å². The van der Waals surface area contributed by atoms with E-state index in [1.807, 2.05) is 0 Å². The maximum Gasteiger partial charge on any atom is 0.220 e. The van der Waals surface area contributed by atoms with Crippen molar-refractivity contribution in [1.29, 1.82) is 0 Å². The summed E-state index contributed by atoms with van der Waals surface area (Å²) in [6.45, 7) is 1.71. The fourth-order valence-electron chi connectivity index (χ4n) is 0.551. The predicted octanol–water partition coefficient (Wildman–Crippen LogP) is 1.39. The Kier molecular flexibility index (Phi) is 2.01. The molecule has 0 fully saturated rings. The topological polar surface area (TPSA) is 12.9 Å². The number of hydrogen-bond acceptors (Lipinski definition) is 1. The lowest BCUT2D eigenvalue weighted by Gasteiger charge is -1.85. The highest BCUT2D eigenvalue weighted by atomic mass is 19.1. The first-order valence-corrected chi connectivity index (χ1v) is 2.79. The average molecular weight is 134 g/mol. The molecule has 0 N–H and O–H groups in total. The van der Waals surface area contributed by atoms with E-state index in [9.17, 15) is 4.39 Å². The molecule has 0 unspecified atom stereocenters. The van der Waals surface area contributed by atoms with Crippen LogP contribution in [-0.2, 0) is 0 Å². The highest BCUT2D eigenvalue weighted by Crippen LogP contribution is 1.94. The van der Waals surface area contributed by atoms with Crippen LogP contribution in [0.4, 0.5) is 4.39 Å². The first-order chi connectivity index (χ1) is 4.83. The SMILES string of the molecule is CC#Cc1c[c]c(F)nc1. The molecule has 1 aromatic heterocycles. The van der Waals surface area contributed by atoms with E-state index in [0.717, 1.165) is 0 Å². The van der Waals surface area contributed by atoms with Crippen molar-refractivity contribution in [3.05, 3.63) is 29.8 Å². The largest absolute Gasteiger partial charge is 0.226 e. The fourth-order valence-corrected chi connectivity index (χ4v) is 0.551. The minimum absolute atomic E-state index is 0.596. The lowest BCUT2D eigenvalue weighted by molar-refractivity contribution is 0.581. The Hall–Kier alpha value is -1.36. The van der Waals surface area contributed by atoms with E-state index >= 15 is 0 Å². The van der Waals surface area contributed by atoms with Crippen LogP contribution in [0, 0.1) is 23.9 Å². The monoisotopic (exact) mass is 134 g/mol. The average Bonchev–Trinajstić information content (AvgIpc) is 1.95. The van der Waals surface area contributed by atoms with Gasteiger partial charge in [0.2, 0.25) is 5.95 Å². The number of rotatable bonds is 0. The van der Waals surface area contributed by atoms with E-state index in [1.54, 1.807) is 6.92 Å². The number of pyridine rings is 1. The number of halogens is 1. The van der Waals surface area contributed by atoms with Crippen molar-refractivity contribution in [3.8, 4) is 11.8 Å². The predicted molar refractivity (Wildman–Crippen MR) is 35.6 cm³/mol. The Morgan fingerprint density at radius 3 is 3.00 bits per heavy atom. The Labute approximate surface area is 58.9 Å². The zero-order valence-electron chi connectivity index (χ0n) is 5.48. The summed E-state index contributed by atoms with van der Waals surface area (Å²) in [5.41, 5.74) is 0.684. The molecule has 0 saturated heterocycles. The first-order valence-electron chi connectivity index (χ1n) is 2.79. The third kappa shape index (κ3) is 1.56. The van der Waals surface area contributed by atoms with Gasteiger partial charge >= 0.3 is 0 Å². The summed E-state index contributed by atoms with van der Waals surface area (Å²) < 4.78 is 12.1. The van der Waals surface area contributed by atoms with E-state index in [2.05, 4.69) is 22.9 Å².